The number of nitrogens with zero attached hydrogens (tertiary/aromatic N) is 2. The van der Waals surface area contributed by atoms with E-state index in [1.807, 2.05) is 6.07 Å². The van der Waals surface area contributed by atoms with Crippen LogP contribution in [0.1, 0.15) is 45.1 Å². The maximum atomic E-state index is 5.78. The molecule has 2 aliphatic rings. The quantitative estimate of drug-likeness (QED) is 0.361. The third-order valence-corrected chi connectivity index (χ3v) is 5.54. The summed E-state index contributed by atoms with van der Waals surface area (Å²) in [7, 11) is 1.75. The van der Waals surface area contributed by atoms with Crippen molar-refractivity contribution in [3.63, 3.8) is 0 Å². The first-order valence-corrected chi connectivity index (χ1v) is 10.0. The number of likely N-dealkylation sites (tertiary alicyclic amines) is 1. The number of para-hydroxylation sites is 1. The predicted octanol–water partition coefficient (Wildman–Crippen LogP) is 3.81. The van der Waals surface area contributed by atoms with Crippen molar-refractivity contribution in [1.82, 2.24) is 10.2 Å². The standard InChI is InChI=1S/C21H33N3O2.HI/c1-4-22-20(24-14-10-17(11-15-24)26-5-2)23-16-21(12-13-21)18-8-6-7-9-19(18)25-3;/h6-9,17H,4-5,10-16H2,1-3H3,(H,22,23);1H. The number of piperidine rings is 1. The number of aliphatic imine (C=N–C) groups is 1. The number of hydrogen-bond acceptors (Lipinski definition) is 3. The van der Waals surface area contributed by atoms with Gasteiger partial charge in [0.2, 0.25) is 0 Å². The van der Waals surface area contributed by atoms with Gasteiger partial charge < -0.3 is 19.7 Å². The van der Waals surface area contributed by atoms with E-state index in [1.54, 1.807) is 7.11 Å². The van der Waals surface area contributed by atoms with Crippen LogP contribution in [0.25, 0.3) is 0 Å². The molecule has 1 saturated heterocycles. The van der Waals surface area contributed by atoms with Crippen molar-refractivity contribution in [3.05, 3.63) is 29.8 Å². The van der Waals surface area contributed by atoms with Crippen LogP contribution in [0, 0.1) is 0 Å². The molecule has 1 saturated carbocycles. The zero-order valence-corrected chi connectivity index (χ0v) is 19.2. The molecule has 0 amide bonds. The van der Waals surface area contributed by atoms with Gasteiger partial charge in [-0.2, -0.15) is 0 Å². The second-order valence-corrected chi connectivity index (χ2v) is 7.29. The monoisotopic (exact) mass is 487 g/mol. The largest absolute Gasteiger partial charge is 0.496 e. The fraction of sp³-hybridized carbons (Fsp3) is 0.667. The molecular weight excluding hydrogens is 453 g/mol. The molecule has 0 unspecified atom stereocenters. The molecule has 1 aromatic rings. The second kappa shape index (κ2) is 10.5. The normalized spacial score (nSPS) is 19.4. The molecule has 1 aromatic carbocycles. The van der Waals surface area contributed by atoms with Gasteiger partial charge in [-0.3, -0.25) is 4.99 Å². The molecule has 1 N–H and O–H groups in total. The van der Waals surface area contributed by atoms with Crippen LogP contribution in [0.5, 0.6) is 5.75 Å². The molecule has 0 aromatic heterocycles. The number of benzene rings is 1. The molecule has 1 aliphatic carbocycles. The lowest BCUT2D eigenvalue weighted by Gasteiger charge is -2.34. The van der Waals surface area contributed by atoms with Gasteiger partial charge in [0.1, 0.15) is 5.75 Å². The van der Waals surface area contributed by atoms with E-state index in [-0.39, 0.29) is 29.4 Å². The van der Waals surface area contributed by atoms with Gasteiger partial charge in [0.15, 0.2) is 5.96 Å². The number of nitrogens with one attached hydrogen (secondary N) is 1. The molecule has 152 valence electrons. The SMILES string of the molecule is CCNC(=NCC1(c2ccccc2OC)CC1)N1CCC(OCC)CC1.I. The summed E-state index contributed by atoms with van der Waals surface area (Å²) in [6.45, 7) is 8.75. The van der Waals surface area contributed by atoms with Crippen LogP contribution in [0.4, 0.5) is 0 Å². The van der Waals surface area contributed by atoms with Crippen LogP contribution in [-0.4, -0.2) is 56.9 Å². The molecule has 1 aliphatic heterocycles. The second-order valence-electron chi connectivity index (χ2n) is 7.29. The van der Waals surface area contributed by atoms with E-state index < -0.39 is 0 Å². The first-order valence-electron chi connectivity index (χ1n) is 10.0. The van der Waals surface area contributed by atoms with Crippen molar-refractivity contribution < 1.29 is 9.47 Å². The van der Waals surface area contributed by atoms with Gasteiger partial charge in [-0.25, -0.2) is 0 Å². The van der Waals surface area contributed by atoms with Crippen LogP contribution in [0.15, 0.2) is 29.3 Å². The van der Waals surface area contributed by atoms with Crippen molar-refractivity contribution in [2.24, 2.45) is 4.99 Å². The summed E-state index contributed by atoms with van der Waals surface area (Å²) in [5, 5.41) is 3.48. The minimum absolute atomic E-state index is 0. The van der Waals surface area contributed by atoms with E-state index in [0.29, 0.717) is 6.10 Å². The van der Waals surface area contributed by atoms with E-state index in [0.717, 1.165) is 57.3 Å². The van der Waals surface area contributed by atoms with E-state index in [4.69, 9.17) is 14.5 Å². The van der Waals surface area contributed by atoms with E-state index in [9.17, 15) is 0 Å². The average molecular weight is 487 g/mol. The Labute approximate surface area is 180 Å². The highest BCUT2D eigenvalue weighted by molar-refractivity contribution is 14.0. The van der Waals surface area contributed by atoms with Crippen molar-refractivity contribution in [2.45, 2.75) is 51.0 Å². The van der Waals surface area contributed by atoms with Crippen LogP contribution < -0.4 is 10.1 Å². The third-order valence-electron chi connectivity index (χ3n) is 5.54. The van der Waals surface area contributed by atoms with Gasteiger partial charge in [0.05, 0.1) is 19.8 Å². The van der Waals surface area contributed by atoms with Gasteiger partial charge >= 0.3 is 0 Å². The lowest BCUT2D eigenvalue weighted by Crippen LogP contribution is -2.47. The van der Waals surface area contributed by atoms with Crippen LogP contribution in [0.3, 0.4) is 0 Å². The summed E-state index contributed by atoms with van der Waals surface area (Å²) in [6.07, 6.45) is 4.93. The molecule has 27 heavy (non-hydrogen) atoms. The Bertz CT molecular complexity index is 611. The molecule has 0 bridgehead atoms. The van der Waals surface area contributed by atoms with Crippen molar-refractivity contribution in [1.29, 1.82) is 0 Å². The highest BCUT2D eigenvalue weighted by Crippen LogP contribution is 2.51. The van der Waals surface area contributed by atoms with Gasteiger partial charge in [0.25, 0.3) is 0 Å². The Morgan fingerprint density at radius 1 is 1.22 bits per heavy atom. The summed E-state index contributed by atoms with van der Waals surface area (Å²) in [6, 6.07) is 8.39. The minimum atomic E-state index is 0. The Hall–Kier alpha value is -1.02. The first kappa shape index (κ1) is 22.3. The van der Waals surface area contributed by atoms with Gasteiger partial charge in [-0.05, 0) is 45.6 Å². The number of guanidine groups is 1. The summed E-state index contributed by atoms with van der Waals surface area (Å²) < 4.78 is 11.4. The highest BCUT2D eigenvalue weighted by Gasteiger charge is 2.46. The minimum Gasteiger partial charge on any atom is -0.496 e. The number of rotatable bonds is 7. The fourth-order valence-corrected chi connectivity index (χ4v) is 3.87. The first-order chi connectivity index (χ1) is 12.7. The zero-order valence-electron chi connectivity index (χ0n) is 16.9. The Kier molecular flexibility index (Phi) is 8.66. The van der Waals surface area contributed by atoms with Crippen LogP contribution in [-0.2, 0) is 10.2 Å². The topological polar surface area (TPSA) is 46.1 Å². The lowest BCUT2D eigenvalue weighted by molar-refractivity contribution is 0.0263. The van der Waals surface area contributed by atoms with Crippen LogP contribution in [0.2, 0.25) is 0 Å². The van der Waals surface area contributed by atoms with Crippen molar-refractivity contribution in [3.8, 4) is 5.75 Å². The van der Waals surface area contributed by atoms with E-state index in [1.165, 1.54) is 18.4 Å². The summed E-state index contributed by atoms with van der Waals surface area (Å²) in [5.74, 6) is 2.03. The molecular formula is C21H34IN3O2. The van der Waals surface area contributed by atoms with Gasteiger partial charge in [-0.1, -0.05) is 18.2 Å². The summed E-state index contributed by atoms with van der Waals surface area (Å²) in [5.41, 5.74) is 1.45. The number of halogens is 1. The van der Waals surface area contributed by atoms with E-state index in [2.05, 4.69) is 42.3 Å². The van der Waals surface area contributed by atoms with Crippen LogP contribution >= 0.6 is 24.0 Å². The molecule has 0 radical (unpaired) electrons. The Balaban J connectivity index is 0.00000261. The average Bonchev–Trinajstić information content (AvgIpc) is 3.47. The molecule has 2 fully saturated rings. The van der Waals surface area contributed by atoms with E-state index >= 15 is 0 Å². The zero-order chi connectivity index (χ0) is 18.4. The predicted molar refractivity (Wildman–Crippen MR) is 122 cm³/mol. The maximum Gasteiger partial charge on any atom is 0.193 e. The number of methoxy groups -OCH3 is 1. The Morgan fingerprint density at radius 2 is 1.93 bits per heavy atom. The number of ether oxygens (including phenoxy) is 2. The molecule has 1 heterocycles. The van der Waals surface area contributed by atoms with Crippen molar-refractivity contribution >= 4 is 29.9 Å². The fourth-order valence-electron chi connectivity index (χ4n) is 3.87. The molecule has 5 nitrogen and oxygen atoms in total. The highest BCUT2D eigenvalue weighted by atomic mass is 127. The maximum absolute atomic E-state index is 5.78. The molecule has 0 atom stereocenters. The smallest absolute Gasteiger partial charge is 0.193 e. The lowest BCUT2D eigenvalue weighted by atomic mass is 9.95. The third kappa shape index (κ3) is 5.50. The Morgan fingerprint density at radius 3 is 2.52 bits per heavy atom. The summed E-state index contributed by atoms with van der Waals surface area (Å²) in [4.78, 5) is 7.42. The summed E-state index contributed by atoms with van der Waals surface area (Å²) >= 11 is 0. The van der Waals surface area contributed by atoms with Gasteiger partial charge in [-0.15, -0.1) is 24.0 Å². The van der Waals surface area contributed by atoms with Crippen molar-refractivity contribution in [2.75, 3.05) is 39.9 Å². The number of hydrogen-bond donors (Lipinski definition) is 1. The molecule has 6 heteroatoms. The molecule has 3 rings (SSSR count). The van der Waals surface area contributed by atoms with Gasteiger partial charge in [0, 0.05) is 37.2 Å². The molecule has 0 spiro atoms.